The molecule has 0 aliphatic rings. The zero-order chi connectivity index (χ0) is 9.97. The molecule has 0 spiro atoms. The second-order valence-electron chi connectivity index (χ2n) is 3.42. The van der Waals surface area contributed by atoms with Crippen LogP contribution in [0.1, 0.15) is 12.1 Å². The molecule has 0 aliphatic carbocycles. The van der Waals surface area contributed by atoms with Crippen molar-refractivity contribution in [3.8, 4) is 0 Å². The number of fused-ring (bicyclic) bond motifs is 1. The van der Waals surface area contributed by atoms with Crippen LogP contribution in [0.25, 0.3) is 10.9 Å². The number of nitrogens with one attached hydrogen (secondary N) is 1. The fraction of sp³-hybridized carbons (Fsp3) is 0.273. The number of benzene rings is 1. The van der Waals surface area contributed by atoms with Gasteiger partial charge in [-0.3, -0.25) is 0 Å². The zero-order valence-corrected chi connectivity index (χ0v) is 8.64. The Labute approximate surface area is 88.1 Å². The lowest BCUT2D eigenvalue weighted by Crippen LogP contribution is -2.00. The van der Waals surface area contributed by atoms with Gasteiger partial charge in [0.05, 0.1) is 0 Å². The molecule has 74 valence electrons. The van der Waals surface area contributed by atoms with Crippen molar-refractivity contribution in [2.45, 2.75) is 12.8 Å². The zero-order valence-electron chi connectivity index (χ0n) is 7.89. The molecule has 0 atom stereocenters. The number of halogens is 1. The summed E-state index contributed by atoms with van der Waals surface area (Å²) in [6.07, 6.45) is 2.02. The van der Waals surface area contributed by atoms with E-state index in [0.29, 0.717) is 0 Å². The van der Waals surface area contributed by atoms with Gasteiger partial charge in [-0.2, -0.15) is 0 Å². The summed E-state index contributed by atoms with van der Waals surface area (Å²) in [7, 11) is 0. The van der Waals surface area contributed by atoms with Gasteiger partial charge in [-0.05, 0) is 43.7 Å². The molecule has 2 rings (SSSR count). The first-order chi connectivity index (χ1) is 6.79. The maximum Gasteiger partial charge on any atom is 0.0457 e. The lowest BCUT2D eigenvalue weighted by Gasteiger charge is -1.92. The van der Waals surface area contributed by atoms with Crippen LogP contribution in [0.2, 0.25) is 5.02 Å². The van der Waals surface area contributed by atoms with E-state index in [9.17, 15) is 0 Å². The van der Waals surface area contributed by atoms with E-state index in [-0.39, 0.29) is 0 Å². The minimum absolute atomic E-state index is 0.732. The van der Waals surface area contributed by atoms with Gasteiger partial charge in [-0.15, -0.1) is 0 Å². The van der Waals surface area contributed by atoms with E-state index in [2.05, 4.69) is 11.1 Å². The molecule has 0 unspecified atom stereocenters. The standard InChI is InChI=1S/C11H13ClN2/c12-9-3-4-11-8(6-9)7-10(14-11)2-1-5-13/h3-4,6-7,14H,1-2,5,13H2. The van der Waals surface area contributed by atoms with E-state index >= 15 is 0 Å². The number of hydrogen-bond donors (Lipinski definition) is 2. The minimum atomic E-state index is 0.732. The quantitative estimate of drug-likeness (QED) is 0.800. The van der Waals surface area contributed by atoms with Gasteiger partial charge >= 0.3 is 0 Å². The Balaban J connectivity index is 2.32. The van der Waals surface area contributed by atoms with E-state index < -0.39 is 0 Å². The average molecular weight is 209 g/mol. The SMILES string of the molecule is NCCCc1cc2cc(Cl)ccc2[nH]1. The van der Waals surface area contributed by atoms with Crippen molar-refractivity contribution in [3.63, 3.8) is 0 Å². The summed E-state index contributed by atoms with van der Waals surface area (Å²) in [6.45, 7) is 0.732. The number of H-pyrrole nitrogens is 1. The van der Waals surface area contributed by atoms with Crippen molar-refractivity contribution in [2.75, 3.05) is 6.54 Å². The van der Waals surface area contributed by atoms with Gasteiger partial charge in [0.1, 0.15) is 0 Å². The molecule has 2 nitrogen and oxygen atoms in total. The van der Waals surface area contributed by atoms with Crippen molar-refractivity contribution < 1.29 is 0 Å². The van der Waals surface area contributed by atoms with Crippen molar-refractivity contribution in [1.82, 2.24) is 4.98 Å². The fourth-order valence-electron chi connectivity index (χ4n) is 1.59. The van der Waals surface area contributed by atoms with Gasteiger partial charge in [0.2, 0.25) is 0 Å². The maximum absolute atomic E-state index is 5.90. The number of aryl methyl sites for hydroxylation is 1. The largest absolute Gasteiger partial charge is 0.358 e. The highest BCUT2D eigenvalue weighted by molar-refractivity contribution is 6.31. The maximum atomic E-state index is 5.90. The van der Waals surface area contributed by atoms with E-state index in [1.807, 2.05) is 18.2 Å². The van der Waals surface area contributed by atoms with Crippen LogP contribution < -0.4 is 5.73 Å². The molecule has 0 amide bonds. The Morgan fingerprint density at radius 1 is 1.29 bits per heavy atom. The number of hydrogen-bond acceptors (Lipinski definition) is 1. The molecular formula is C11H13ClN2. The molecular weight excluding hydrogens is 196 g/mol. The second-order valence-corrected chi connectivity index (χ2v) is 3.85. The average Bonchev–Trinajstić information content (AvgIpc) is 2.56. The summed E-state index contributed by atoms with van der Waals surface area (Å²) in [5.74, 6) is 0. The van der Waals surface area contributed by atoms with Gasteiger partial charge < -0.3 is 10.7 Å². The normalized spacial score (nSPS) is 11.0. The van der Waals surface area contributed by atoms with Gasteiger partial charge in [0.25, 0.3) is 0 Å². The van der Waals surface area contributed by atoms with E-state index in [4.69, 9.17) is 17.3 Å². The molecule has 0 bridgehead atoms. The molecule has 1 aromatic heterocycles. The fourth-order valence-corrected chi connectivity index (χ4v) is 1.77. The van der Waals surface area contributed by atoms with Crippen molar-refractivity contribution in [3.05, 3.63) is 35.0 Å². The molecule has 14 heavy (non-hydrogen) atoms. The summed E-state index contributed by atoms with van der Waals surface area (Å²) < 4.78 is 0. The molecule has 0 saturated carbocycles. The molecule has 3 heteroatoms. The van der Waals surface area contributed by atoms with Crippen LogP contribution in [0.4, 0.5) is 0 Å². The summed E-state index contributed by atoms with van der Waals surface area (Å²) in [4.78, 5) is 3.34. The highest BCUT2D eigenvalue weighted by Crippen LogP contribution is 2.20. The van der Waals surface area contributed by atoms with Crippen molar-refractivity contribution >= 4 is 22.5 Å². The first kappa shape index (κ1) is 9.56. The van der Waals surface area contributed by atoms with Crippen LogP contribution in [0, 0.1) is 0 Å². The van der Waals surface area contributed by atoms with Crippen molar-refractivity contribution in [2.24, 2.45) is 5.73 Å². The smallest absolute Gasteiger partial charge is 0.0457 e. The molecule has 0 fully saturated rings. The van der Waals surface area contributed by atoms with Gasteiger partial charge in [0, 0.05) is 21.6 Å². The van der Waals surface area contributed by atoms with E-state index in [1.54, 1.807) is 0 Å². The number of aromatic amines is 1. The highest BCUT2D eigenvalue weighted by Gasteiger charge is 2.00. The molecule has 3 N–H and O–H groups in total. The summed E-state index contributed by atoms with van der Waals surface area (Å²) >= 11 is 5.90. The molecule has 1 aromatic carbocycles. The Kier molecular flexibility index (Phi) is 2.75. The molecule has 2 aromatic rings. The van der Waals surface area contributed by atoms with Crippen LogP contribution in [-0.2, 0) is 6.42 Å². The topological polar surface area (TPSA) is 41.8 Å². The molecule has 0 saturated heterocycles. The first-order valence-corrected chi connectivity index (χ1v) is 5.14. The Morgan fingerprint density at radius 2 is 2.14 bits per heavy atom. The van der Waals surface area contributed by atoms with Crippen LogP contribution >= 0.6 is 11.6 Å². The second kappa shape index (κ2) is 4.03. The third kappa shape index (κ3) is 1.91. The summed E-state index contributed by atoms with van der Waals surface area (Å²) in [5.41, 5.74) is 7.83. The molecule has 0 aliphatic heterocycles. The first-order valence-electron chi connectivity index (χ1n) is 4.77. The summed E-state index contributed by atoms with van der Waals surface area (Å²) in [6, 6.07) is 8.01. The number of nitrogens with two attached hydrogens (primary N) is 1. The van der Waals surface area contributed by atoms with Crippen LogP contribution in [0.5, 0.6) is 0 Å². The third-order valence-electron chi connectivity index (χ3n) is 2.29. The predicted octanol–water partition coefficient (Wildman–Crippen LogP) is 2.71. The molecule has 1 heterocycles. The lowest BCUT2D eigenvalue weighted by atomic mass is 10.2. The Hall–Kier alpha value is -0.990. The third-order valence-corrected chi connectivity index (χ3v) is 2.52. The predicted molar refractivity (Wildman–Crippen MR) is 60.7 cm³/mol. The monoisotopic (exact) mass is 208 g/mol. The van der Waals surface area contributed by atoms with E-state index in [1.165, 1.54) is 11.1 Å². The lowest BCUT2D eigenvalue weighted by molar-refractivity contribution is 0.818. The van der Waals surface area contributed by atoms with E-state index in [0.717, 1.165) is 29.9 Å². The Morgan fingerprint density at radius 3 is 2.93 bits per heavy atom. The minimum Gasteiger partial charge on any atom is -0.358 e. The number of rotatable bonds is 3. The van der Waals surface area contributed by atoms with Crippen LogP contribution in [0.15, 0.2) is 24.3 Å². The van der Waals surface area contributed by atoms with Gasteiger partial charge in [-0.25, -0.2) is 0 Å². The van der Waals surface area contributed by atoms with Gasteiger partial charge in [-0.1, -0.05) is 11.6 Å². The molecule has 0 radical (unpaired) electrons. The number of aromatic nitrogens is 1. The van der Waals surface area contributed by atoms with Crippen molar-refractivity contribution in [1.29, 1.82) is 0 Å². The van der Waals surface area contributed by atoms with Gasteiger partial charge in [0.15, 0.2) is 0 Å². The Bertz CT molecular complexity index is 434. The van der Waals surface area contributed by atoms with Crippen LogP contribution in [-0.4, -0.2) is 11.5 Å². The van der Waals surface area contributed by atoms with Crippen LogP contribution in [0.3, 0.4) is 0 Å². The highest BCUT2D eigenvalue weighted by atomic mass is 35.5. The summed E-state index contributed by atoms with van der Waals surface area (Å²) in [5, 5.41) is 1.95.